The van der Waals surface area contributed by atoms with Crippen molar-refractivity contribution in [2.45, 2.75) is 39.7 Å². The maximum atomic E-state index is 5.85. The van der Waals surface area contributed by atoms with Crippen LogP contribution in [-0.2, 0) is 6.42 Å². The van der Waals surface area contributed by atoms with E-state index in [-0.39, 0.29) is 6.04 Å². The van der Waals surface area contributed by atoms with Gasteiger partial charge in [-0.25, -0.2) is 0 Å². The molecule has 0 aromatic carbocycles. The van der Waals surface area contributed by atoms with Gasteiger partial charge in [-0.3, -0.25) is 0 Å². The molecule has 1 aromatic rings. The highest BCUT2D eigenvalue weighted by molar-refractivity contribution is 4.92. The summed E-state index contributed by atoms with van der Waals surface area (Å²) < 4.78 is 5.05. The zero-order valence-electron chi connectivity index (χ0n) is 8.45. The number of aryl methyl sites for hydroxylation is 1. The third-order valence-corrected chi connectivity index (χ3v) is 1.96. The average Bonchev–Trinajstić information content (AvgIpc) is 2.52. The molecule has 0 aliphatic rings. The van der Waals surface area contributed by atoms with Crippen LogP contribution < -0.4 is 5.73 Å². The number of nitrogens with zero attached hydrogens (tertiary/aromatic N) is 2. The van der Waals surface area contributed by atoms with Gasteiger partial charge in [0.2, 0.25) is 5.89 Å². The summed E-state index contributed by atoms with van der Waals surface area (Å²) in [5.74, 6) is 1.64. The van der Waals surface area contributed by atoms with Crippen LogP contribution in [0.15, 0.2) is 4.52 Å². The van der Waals surface area contributed by atoms with Crippen molar-refractivity contribution >= 4 is 0 Å². The third-order valence-electron chi connectivity index (χ3n) is 1.96. The van der Waals surface area contributed by atoms with Gasteiger partial charge in [0.25, 0.3) is 0 Å². The van der Waals surface area contributed by atoms with Gasteiger partial charge in [0, 0.05) is 6.42 Å². The minimum Gasteiger partial charge on any atom is -0.338 e. The van der Waals surface area contributed by atoms with E-state index in [1.165, 1.54) is 0 Å². The Hall–Kier alpha value is -0.900. The second-order valence-electron chi connectivity index (χ2n) is 3.57. The molecule has 13 heavy (non-hydrogen) atoms. The molecule has 4 heteroatoms. The van der Waals surface area contributed by atoms with Gasteiger partial charge in [-0.05, 0) is 12.3 Å². The minimum absolute atomic E-state index is 0.141. The molecule has 1 atom stereocenters. The first-order valence-electron chi connectivity index (χ1n) is 4.73. The average molecular weight is 183 g/mol. The number of rotatable bonds is 4. The summed E-state index contributed by atoms with van der Waals surface area (Å²) in [6.45, 7) is 6.15. The number of aromatic nitrogens is 2. The lowest BCUT2D eigenvalue weighted by atomic mass is 10.1. The zero-order chi connectivity index (χ0) is 9.84. The molecular formula is C9H17N3O. The largest absolute Gasteiger partial charge is 0.338 e. The van der Waals surface area contributed by atoms with Crippen LogP contribution in [0, 0.1) is 5.92 Å². The van der Waals surface area contributed by atoms with Crippen molar-refractivity contribution in [1.29, 1.82) is 0 Å². The molecule has 4 nitrogen and oxygen atoms in total. The van der Waals surface area contributed by atoms with E-state index in [1.54, 1.807) is 0 Å². The summed E-state index contributed by atoms with van der Waals surface area (Å²) in [5, 5.41) is 3.84. The van der Waals surface area contributed by atoms with Gasteiger partial charge >= 0.3 is 0 Å². The second-order valence-corrected chi connectivity index (χ2v) is 3.57. The van der Waals surface area contributed by atoms with Crippen LogP contribution in [-0.4, -0.2) is 10.1 Å². The monoisotopic (exact) mass is 183 g/mol. The smallest absolute Gasteiger partial charge is 0.243 e. The summed E-state index contributed by atoms with van der Waals surface area (Å²) in [7, 11) is 0. The predicted octanol–water partition coefficient (Wildman–Crippen LogP) is 1.68. The highest BCUT2D eigenvalue weighted by Gasteiger charge is 2.17. The molecule has 0 saturated carbocycles. The Kier molecular flexibility index (Phi) is 3.42. The molecule has 1 rings (SSSR count). The zero-order valence-corrected chi connectivity index (χ0v) is 8.45. The molecule has 0 radical (unpaired) electrons. The molecular weight excluding hydrogens is 166 g/mol. The van der Waals surface area contributed by atoms with Crippen LogP contribution in [0.1, 0.15) is 44.9 Å². The van der Waals surface area contributed by atoms with E-state index in [0.717, 1.165) is 18.7 Å². The lowest BCUT2D eigenvalue weighted by Gasteiger charge is -2.09. The first-order chi connectivity index (χ1) is 6.15. The Morgan fingerprint density at radius 2 is 2.15 bits per heavy atom. The molecule has 74 valence electrons. The second kappa shape index (κ2) is 4.37. The van der Waals surface area contributed by atoms with Crippen LogP contribution in [0.4, 0.5) is 0 Å². The fourth-order valence-corrected chi connectivity index (χ4v) is 1.01. The van der Waals surface area contributed by atoms with Crippen LogP contribution in [0.5, 0.6) is 0 Å². The molecule has 2 N–H and O–H groups in total. The lowest BCUT2D eigenvalue weighted by molar-refractivity contribution is 0.322. The van der Waals surface area contributed by atoms with E-state index in [1.807, 2.05) is 13.8 Å². The SMILES string of the molecule is CCCc1noc([C@H](N)C(C)C)n1. The van der Waals surface area contributed by atoms with Crippen LogP contribution >= 0.6 is 0 Å². The molecule has 0 unspecified atom stereocenters. The molecule has 0 aliphatic carbocycles. The minimum atomic E-state index is -0.141. The van der Waals surface area contributed by atoms with Gasteiger partial charge in [-0.15, -0.1) is 0 Å². The topological polar surface area (TPSA) is 64.9 Å². The fraction of sp³-hybridized carbons (Fsp3) is 0.778. The Balaban J connectivity index is 2.67. The van der Waals surface area contributed by atoms with E-state index in [0.29, 0.717) is 11.8 Å². The van der Waals surface area contributed by atoms with Crippen molar-refractivity contribution in [3.63, 3.8) is 0 Å². The Labute approximate surface area is 78.5 Å². The number of nitrogens with two attached hydrogens (primary N) is 1. The van der Waals surface area contributed by atoms with Crippen molar-refractivity contribution < 1.29 is 4.52 Å². The molecule has 1 aromatic heterocycles. The number of hydrogen-bond donors (Lipinski definition) is 1. The van der Waals surface area contributed by atoms with E-state index in [9.17, 15) is 0 Å². The van der Waals surface area contributed by atoms with Crippen molar-refractivity contribution in [3.05, 3.63) is 11.7 Å². The van der Waals surface area contributed by atoms with Crippen LogP contribution in [0.25, 0.3) is 0 Å². The van der Waals surface area contributed by atoms with Crippen LogP contribution in [0.3, 0.4) is 0 Å². The standard InChI is InChI=1S/C9H17N3O/c1-4-5-7-11-9(13-12-7)8(10)6(2)3/h6,8H,4-5,10H2,1-3H3/t8-/m1/s1. The molecule has 1 heterocycles. The van der Waals surface area contributed by atoms with Crippen molar-refractivity contribution in [3.8, 4) is 0 Å². The normalized spacial score (nSPS) is 13.6. The maximum absolute atomic E-state index is 5.85. The van der Waals surface area contributed by atoms with E-state index >= 15 is 0 Å². The highest BCUT2D eigenvalue weighted by Crippen LogP contribution is 2.16. The summed E-state index contributed by atoms with van der Waals surface area (Å²) in [6.07, 6.45) is 1.88. The fourth-order valence-electron chi connectivity index (χ4n) is 1.01. The molecule has 0 fully saturated rings. The Bertz CT molecular complexity index is 257. The van der Waals surface area contributed by atoms with Gasteiger partial charge in [0.15, 0.2) is 5.82 Å². The Morgan fingerprint density at radius 3 is 2.69 bits per heavy atom. The van der Waals surface area contributed by atoms with E-state index < -0.39 is 0 Å². The van der Waals surface area contributed by atoms with Crippen LogP contribution in [0.2, 0.25) is 0 Å². The molecule has 0 amide bonds. The van der Waals surface area contributed by atoms with Gasteiger partial charge in [0.1, 0.15) is 0 Å². The number of hydrogen-bond acceptors (Lipinski definition) is 4. The van der Waals surface area contributed by atoms with Gasteiger partial charge in [0.05, 0.1) is 6.04 Å². The summed E-state index contributed by atoms with van der Waals surface area (Å²) in [4.78, 5) is 4.22. The highest BCUT2D eigenvalue weighted by atomic mass is 16.5. The Morgan fingerprint density at radius 1 is 1.46 bits per heavy atom. The summed E-state index contributed by atoms with van der Waals surface area (Å²) in [5.41, 5.74) is 5.85. The molecule has 0 spiro atoms. The van der Waals surface area contributed by atoms with Gasteiger partial charge in [-0.2, -0.15) is 4.98 Å². The molecule has 0 saturated heterocycles. The quantitative estimate of drug-likeness (QED) is 0.771. The van der Waals surface area contributed by atoms with Crippen molar-refractivity contribution in [2.75, 3.05) is 0 Å². The van der Waals surface area contributed by atoms with Crippen molar-refractivity contribution in [2.24, 2.45) is 11.7 Å². The first kappa shape index (κ1) is 10.2. The first-order valence-corrected chi connectivity index (χ1v) is 4.73. The predicted molar refractivity (Wildman–Crippen MR) is 50.1 cm³/mol. The van der Waals surface area contributed by atoms with E-state index in [2.05, 4.69) is 17.1 Å². The van der Waals surface area contributed by atoms with E-state index in [4.69, 9.17) is 10.3 Å². The lowest BCUT2D eigenvalue weighted by Crippen LogP contribution is -2.17. The molecule has 0 bridgehead atoms. The molecule has 0 aliphatic heterocycles. The van der Waals surface area contributed by atoms with Crippen molar-refractivity contribution in [1.82, 2.24) is 10.1 Å². The summed E-state index contributed by atoms with van der Waals surface area (Å²) >= 11 is 0. The maximum Gasteiger partial charge on any atom is 0.243 e. The summed E-state index contributed by atoms with van der Waals surface area (Å²) in [6, 6.07) is -0.141. The third kappa shape index (κ3) is 2.52. The van der Waals surface area contributed by atoms with Gasteiger partial charge in [-0.1, -0.05) is 25.9 Å². The van der Waals surface area contributed by atoms with Gasteiger partial charge < -0.3 is 10.3 Å².